The van der Waals surface area contributed by atoms with Crippen molar-refractivity contribution in [3.63, 3.8) is 0 Å². The second kappa shape index (κ2) is 6.19. The molecule has 1 atom stereocenters. The van der Waals surface area contributed by atoms with Crippen LogP contribution in [0.1, 0.15) is 12.8 Å². The first-order valence-electron chi connectivity index (χ1n) is 5.62. The summed E-state index contributed by atoms with van der Waals surface area (Å²) in [5.74, 6) is -2.08. The normalized spacial score (nSPS) is 19.8. The van der Waals surface area contributed by atoms with E-state index in [0.29, 0.717) is 19.4 Å². The number of carbonyl (C=O) groups excluding carboxylic acids is 3. The molecular weight excluding hydrogens is 224 g/mol. The molecule has 5 N–H and O–H groups in total. The number of rotatable bonds is 3. The van der Waals surface area contributed by atoms with E-state index >= 15 is 0 Å². The summed E-state index contributed by atoms with van der Waals surface area (Å²) in [6, 6.07) is 0. The van der Waals surface area contributed by atoms with Gasteiger partial charge in [-0.3, -0.25) is 14.4 Å². The zero-order chi connectivity index (χ0) is 12.8. The SMILES string of the molecule is NCCNC(=O)C(=O)N1CCCC(C(N)=O)C1. The molecule has 0 spiro atoms. The zero-order valence-electron chi connectivity index (χ0n) is 9.65. The van der Waals surface area contributed by atoms with Crippen LogP contribution in [0.5, 0.6) is 0 Å². The summed E-state index contributed by atoms with van der Waals surface area (Å²) in [5.41, 5.74) is 10.4. The summed E-state index contributed by atoms with van der Waals surface area (Å²) >= 11 is 0. The summed E-state index contributed by atoms with van der Waals surface area (Å²) < 4.78 is 0. The maximum Gasteiger partial charge on any atom is 0.311 e. The van der Waals surface area contributed by atoms with Gasteiger partial charge in [-0.1, -0.05) is 0 Å². The van der Waals surface area contributed by atoms with Crippen molar-refractivity contribution < 1.29 is 14.4 Å². The van der Waals surface area contributed by atoms with Gasteiger partial charge in [-0.05, 0) is 12.8 Å². The summed E-state index contributed by atoms with van der Waals surface area (Å²) in [7, 11) is 0. The van der Waals surface area contributed by atoms with E-state index in [1.165, 1.54) is 4.90 Å². The Hall–Kier alpha value is -1.63. The Morgan fingerprint density at radius 1 is 1.35 bits per heavy atom. The molecule has 0 aromatic heterocycles. The Labute approximate surface area is 99.5 Å². The van der Waals surface area contributed by atoms with E-state index < -0.39 is 17.7 Å². The molecule has 1 aliphatic heterocycles. The van der Waals surface area contributed by atoms with Gasteiger partial charge in [0.05, 0.1) is 5.92 Å². The minimum atomic E-state index is -0.680. The number of nitrogens with one attached hydrogen (secondary N) is 1. The van der Waals surface area contributed by atoms with Crippen molar-refractivity contribution in [3.8, 4) is 0 Å². The van der Waals surface area contributed by atoms with Gasteiger partial charge >= 0.3 is 11.8 Å². The highest BCUT2D eigenvalue weighted by Gasteiger charge is 2.29. The van der Waals surface area contributed by atoms with Crippen LogP contribution < -0.4 is 16.8 Å². The maximum atomic E-state index is 11.7. The molecule has 96 valence electrons. The zero-order valence-corrected chi connectivity index (χ0v) is 9.65. The molecule has 0 aliphatic carbocycles. The smallest absolute Gasteiger partial charge is 0.311 e. The van der Waals surface area contributed by atoms with Gasteiger partial charge in [0.25, 0.3) is 0 Å². The number of likely N-dealkylation sites (tertiary alicyclic amines) is 1. The van der Waals surface area contributed by atoms with Gasteiger partial charge in [0, 0.05) is 26.2 Å². The van der Waals surface area contributed by atoms with Crippen LogP contribution in [0.2, 0.25) is 0 Å². The lowest BCUT2D eigenvalue weighted by molar-refractivity contribution is -0.147. The Morgan fingerprint density at radius 2 is 2.06 bits per heavy atom. The Bertz CT molecular complexity index is 319. The van der Waals surface area contributed by atoms with Crippen LogP contribution in [0.4, 0.5) is 0 Å². The van der Waals surface area contributed by atoms with Crippen LogP contribution in [0.25, 0.3) is 0 Å². The summed E-state index contributed by atoms with van der Waals surface area (Å²) in [6.45, 7) is 1.25. The number of hydrogen-bond donors (Lipinski definition) is 3. The Kier molecular flexibility index (Phi) is 4.89. The summed E-state index contributed by atoms with van der Waals surface area (Å²) in [6.07, 6.45) is 1.35. The Morgan fingerprint density at radius 3 is 2.65 bits per heavy atom. The number of carbonyl (C=O) groups is 3. The standard InChI is InChI=1S/C10H18N4O3/c11-3-4-13-9(16)10(17)14-5-1-2-7(6-14)8(12)15/h7H,1-6,11H2,(H2,12,15)(H,13,16). The molecule has 0 saturated carbocycles. The molecule has 7 heteroatoms. The van der Waals surface area contributed by atoms with Crippen LogP contribution in [0, 0.1) is 5.92 Å². The fraction of sp³-hybridized carbons (Fsp3) is 0.700. The van der Waals surface area contributed by atoms with Crippen LogP contribution >= 0.6 is 0 Å². The quantitative estimate of drug-likeness (QED) is 0.486. The molecule has 1 rings (SSSR count). The Balaban J connectivity index is 2.51. The van der Waals surface area contributed by atoms with Crippen molar-refractivity contribution in [3.05, 3.63) is 0 Å². The first-order chi connectivity index (χ1) is 8.06. The van der Waals surface area contributed by atoms with Crippen LogP contribution in [-0.2, 0) is 14.4 Å². The third-order valence-corrected chi connectivity index (χ3v) is 2.74. The number of nitrogens with zero attached hydrogens (tertiary/aromatic N) is 1. The van der Waals surface area contributed by atoms with Crippen molar-refractivity contribution in [2.75, 3.05) is 26.2 Å². The summed E-state index contributed by atoms with van der Waals surface area (Å²) in [4.78, 5) is 35.5. The van der Waals surface area contributed by atoms with Crippen molar-refractivity contribution in [1.29, 1.82) is 0 Å². The van der Waals surface area contributed by atoms with Crippen molar-refractivity contribution in [2.24, 2.45) is 17.4 Å². The van der Waals surface area contributed by atoms with E-state index in [-0.39, 0.29) is 25.6 Å². The predicted molar refractivity (Wildman–Crippen MR) is 60.6 cm³/mol. The molecule has 0 radical (unpaired) electrons. The number of hydrogen-bond acceptors (Lipinski definition) is 4. The number of nitrogens with two attached hydrogens (primary N) is 2. The molecule has 1 aliphatic rings. The monoisotopic (exact) mass is 242 g/mol. The highest BCUT2D eigenvalue weighted by Crippen LogP contribution is 2.15. The lowest BCUT2D eigenvalue weighted by Gasteiger charge is -2.30. The number of piperidine rings is 1. The van der Waals surface area contributed by atoms with Gasteiger partial charge in [0.2, 0.25) is 5.91 Å². The van der Waals surface area contributed by atoms with E-state index in [9.17, 15) is 14.4 Å². The van der Waals surface area contributed by atoms with Gasteiger partial charge in [-0.25, -0.2) is 0 Å². The largest absolute Gasteiger partial charge is 0.369 e. The molecule has 17 heavy (non-hydrogen) atoms. The third-order valence-electron chi connectivity index (χ3n) is 2.74. The van der Waals surface area contributed by atoms with Gasteiger partial charge in [0.15, 0.2) is 0 Å². The first kappa shape index (κ1) is 13.4. The summed E-state index contributed by atoms with van der Waals surface area (Å²) in [5, 5.41) is 2.40. The average Bonchev–Trinajstić information content (AvgIpc) is 2.35. The molecule has 1 unspecified atom stereocenters. The second-order valence-corrected chi connectivity index (χ2v) is 4.04. The van der Waals surface area contributed by atoms with Crippen LogP contribution in [0.15, 0.2) is 0 Å². The van der Waals surface area contributed by atoms with Crippen molar-refractivity contribution in [1.82, 2.24) is 10.2 Å². The molecule has 7 nitrogen and oxygen atoms in total. The molecule has 1 heterocycles. The fourth-order valence-corrected chi connectivity index (χ4v) is 1.80. The lowest BCUT2D eigenvalue weighted by atomic mass is 9.97. The van der Waals surface area contributed by atoms with E-state index in [4.69, 9.17) is 11.5 Å². The van der Waals surface area contributed by atoms with Gasteiger partial charge in [-0.2, -0.15) is 0 Å². The minimum absolute atomic E-state index is 0.226. The second-order valence-electron chi connectivity index (χ2n) is 4.04. The molecule has 0 aromatic carbocycles. The van der Waals surface area contributed by atoms with Crippen molar-refractivity contribution >= 4 is 17.7 Å². The van der Waals surface area contributed by atoms with Gasteiger partial charge in [-0.15, -0.1) is 0 Å². The molecule has 0 bridgehead atoms. The first-order valence-corrected chi connectivity index (χ1v) is 5.62. The minimum Gasteiger partial charge on any atom is -0.369 e. The number of amides is 3. The van der Waals surface area contributed by atoms with E-state index in [1.54, 1.807) is 0 Å². The average molecular weight is 242 g/mol. The molecule has 3 amide bonds. The predicted octanol–water partition coefficient (Wildman–Crippen LogP) is -2.21. The molecular formula is C10H18N4O3. The van der Waals surface area contributed by atoms with Crippen LogP contribution in [0.3, 0.4) is 0 Å². The highest BCUT2D eigenvalue weighted by atomic mass is 16.2. The topological polar surface area (TPSA) is 119 Å². The molecule has 1 fully saturated rings. The van der Waals surface area contributed by atoms with Crippen molar-refractivity contribution in [2.45, 2.75) is 12.8 Å². The van der Waals surface area contributed by atoms with E-state index in [0.717, 1.165) is 0 Å². The van der Waals surface area contributed by atoms with Gasteiger partial charge < -0.3 is 21.7 Å². The van der Waals surface area contributed by atoms with Gasteiger partial charge in [0.1, 0.15) is 0 Å². The number of primary amides is 1. The fourth-order valence-electron chi connectivity index (χ4n) is 1.80. The van der Waals surface area contributed by atoms with E-state index in [1.807, 2.05) is 0 Å². The maximum absolute atomic E-state index is 11.7. The molecule has 1 saturated heterocycles. The van der Waals surface area contributed by atoms with E-state index in [2.05, 4.69) is 5.32 Å². The highest BCUT2D eigenvalue weighted by molar-refractivity contribution is 6.35. The lowest BCUT2D eigenvalue weighted by Crippen LogP contribution is -2.49. The van der Waals surface area contributed by atoms with Crippen LogP contribution in [-0.4, -0.2) is 48.8 Å². The molecule has 0 aromatic rings. The third kappa shape index (κ3) is 3.70.